The highest BCUT2D eigenvalue weighted by Crippen LogP contribution is 2.55. The van der Waals surface area contributed by atoms with Gasteiger partial charge < -0.3 is 16.4 Å². The summed E-state index contributed by atoms with van der Waals surface area (Å²) in [4.78, 5) is 12.5. The molecule has 4 bridgehead atoms. The summed E-state index contributed by atoms with van der Waals surface area (Å²) in [7, 11) is 0. The Morgan fingerprint density at radius 3 is 1.95 bits per heavy atom. The lowest BCUT2D eigenvalue weighted by atomic mass is 9.53. The Morgan fingerprint density at radius 2 is 1.57 bits per heavy atom. The van der Waals surface area contributed by atoms with E-state index >= 15 is 0 Å². The number of carbonyl (C=O) groups excluding carboxylic acids is 1. The molecule has 4 aliphatic carbocycles. The van der Waals surface area contributed by atoms with Gasteiger partial charge in [0.15, 0.2) is 0 Å². The molecule has 4 saturated carbocycles. The molecule has 0 saturated heterocycles. The van der Waals surface area contributed by atoms with Crippen LogP contribution in [0.15, 0.2) is 0 Å². The fraction of sp³-hybridized carbons (Fsp3) is 0.941. The van der Waals surface area contributed by atoms with Crippen molar-refractivity contribution in [2.24, 2.45) is 23.5 Å². The minimum absolute atomic E-state index is 0.00565. The van der Waals surface area contributed by atoms with Gasteiger partial charge >= 0.3 is 6.03 Å². The van der Waals surface area contributed by atoms with Crippen LogP contribution in [0.4, 0.5) is 4.79 Å². The number of urea groups is 1. The molecule has 4 heteroatoms. The molecule has 4 nitrogen and oxygen atoms in total. The SMILES string of the molecule is CCC(CC)(CN)NC(=O)NC12CC3CC(CC(C3)C1)C2. The Balaban J connectivity index is 1.65. The molecule has 4 rings (SSSR count). The van der Waals surface area contributed by atoms with Crippen LogP contribution in [0.5, 0.6) is 0 Å². The first-order chi connectivity index (χ1) is 10.0. The van der Waals surface area contributed by atoms with Gasteiger partial charge in [-0.3, -0.25) is 0 Å². The number of amides is 2. The van der Waals surface area contributed by atoms with E-state index in [9.17, 15) is 4.79 Å². The number of nitrogens with two attached hydrogens (primary N) is 1. The lowest BCUT2D eigenvalue weighted by molar-refractivity contribution is -0.0139. The molecule has 4 fully saturated rings. The van der Waals surface area contributed by atoms with Crippen molar-refractivity contribution >= 4 is 6.03 Å². The minimum atomic E-state index is -0.244. The maximum atomic E-state index is 12.5. The zero-order valence-electron chi connectivity index (χ0n) is 13.6. The molecule has 4 N–H and O–H groups in total. The average Bonchev–Trinajstić information content (AvgIpc) is 2.43. The molecule has 0 radical (unpaired) electrons. The molecule has 0 aromatic rings. The Hall–Kier alpha value is -0.770. The van der Waals surface area contributed by atoms with Crippen molar-refractivity contribution in [1.29, 1.82) is 0 Å². The molecular weight excluding hydrogens is 262 g/mol. The zero-order valence-corrected chi connectivity index (χ0v) is 13.6. The molecule has 21 heavy (non-hydrogen) atoms. The van der Waals surface area contributed by atoms with Crippen LogP contribution in [0.2, 0.25) is 0 Å². The van der Waals surface area contributed by atoms with Gasteiger partial charge in [0.05, 0.1) is 5.54 Å². The Morgan fingerprint density at radius 1 is 1.10 bits per heavy atom. The van der Waals surface area contributed by atoms with Gasteiger partial charge in [0.25, 0.3) is 0 Å². The smallest absolute Gasteiger partial charge is 0.315 e. The van der Waals surface area contributed by atoms with Crippen LogP contribution in [0, 0.1) is 17.8 Å². The molecule has 120 valence electrons. The van der Waals surface area contributed by atoms with Crippen LogP contribution < -0.4 is 16.4 Å². The predicted octanol–water partition coefficient (Wildman–Crippen LogP) is 2.77. The molecule has 0 aromatic heterocycles. The second-order valence-electron chi connectivity index (χ2n) is 7.97. The van der Waals surface area contributed by atoms with E-state index in [0.717, 1.165) is 30.6 Å². The van der Waals surface area contributed by atoms with E-state index in [2.05, 4.69) is 24.5 Å². The van der Waals surface area contributed by atoms with Crippen molar-refractivity contribution in [3.8, 4) is 0 Å². The van der Waals surface area contributed by atoms with E-state index in [4.69, 9.17) is 5.73 Å². The number of carbonyl (C=O) groups is 1. The highest BCUT2D eigenvalue weighted by atomic mass is 16.2. The molecule has 0 unspecified atom stereocenters. The second-order valence-corrected chi connectivity index (χ2v) is 7.97. The lowest BCUT2D eigenvalue weighted by Crippen LogP contribution is -2.64. The van der Waals surface area contributed by atoms with Crippen molar-refractivity contribution in [3.63, 3.8) is 0 Å². The monoisotopic (exact) mass is 293 g/mol. The average molecular weight is 293 g/mol. The summed E-state index contributed by atoms with van der Waals surface area (Å²) in [6.45, 7) is 4.71. The third-order valence-electron chi connectivity index (χ3n) is 6.54. The van der Waals surface area contributed by atoms with Gasteiger partial charge in [-0.05, 0) is 69.1 Å². The van der Waals surface area contributed by atoms with Crippen LogP contribution >= 0.6 is 0 Å². The molecule has 4 aliphatic rings. The summed E-state index contributed by atoms with van der Waals surface area (Å²) in [5.74, 6) is 2.56. The Labute approximate surface area is 128 Å². The molecule has 0 atom stereocenters. The second kappa shape index (κ2) is 5.45. The van der Waals surface area contributed by atoms with E-state index < -0.39 is 0 Å². The van der Waals surface area contributed by atoms with Crippen molar-refractivity contribution in [3.05, 3.63) is 0 Å². The standard InChI is InChI=1S/C17H31N3O/c1-3-16(4-2,11-18)19-15(21)20-17-8-12-5-13(9-17)7-14(6-12)10-17/h12-14H,3-11,18H2,1-2H3,(H2,19,20,21). The van der Waals surface area contributed by atoms with Crippen LogP contribution in [-0.2, 0) is 0 Å². The highest BCUT2D eigenvalue weighted by Gasteiger charge is 2.51. The van der Waals surface area contributed by atoms with Crippen LogP contribution in [0.3, 0.4) is 0 Å². The summed E-state index contributed by atoms with van der Waals surface area (Å²) >= 11 is 0. The first kappa shape index (κ1) is 15.1. The topological polar surface area (TPSA) is 67.1 Å². The van der Waals surface area contributed by atoms with Crippen molar-refractivity contribution < 1.29 is 4.79 Å². The first-order valence-corrected chi connectivity index (χ1v) is 8.82. The van der Waals surface area contributed by atoms with Crippen molar-refractivity contribution in [2.75, 3.05) is 6.54 Å². The van der Waals surface area contributed by atoms with Gasteiger partial charge in [-0.15, -0.1) is 0 Å². The molecule has 0 aliphatic heterocycles. The van der Waals surface area contributed by atoms with Crippen molar-refractivity contribution in [1.82, 2.24) is 10.6 Å². The first-order valence-electron chi connectivity index (χ1n) is 8.82. The number of hydrogen-bond acceptors (Lipinski definition) is 2. The van der Waals surface area contributed by atoms with Gasteiger partial charge in [0.1, 0.15) is 0 Å². The van der Waals surface area contributed by atoms with Crippen LogP contribution in [0.1, 0.15) is 65.2 Å². The van der Waals surface area contributed by atoms with Crippen LogP contribution in [-0.4, -0.2) is 23.7 Å². The summed E-state index contributed by atoms with van der Waals surface area (Å²) in [5.41, 5.74) is 5.74. The zero-order chi connectivity index (χ0) is 15.1. The summed E-state index contributed by atoms with van der Waals surface area (Å²) in [6, 6.07) is 0.00565. The summed E-state index contributed by atoms with van der Waals surface area (Å²) in [5, 5.41) is 6.56. The minimum Gasteiger partial charge on any atom is -0.333 e. The van der Waals surface area contributed by atoms with E-state index in [1.807, 2.05) is 0 Å². The molecule has 0 heterocycles. The fourth-order valence-corrected chi connectivity index (χ4v) is 5.54. The highest BCUT2D eigenvalue weighted by molar-refractivity contribution is 5.76. The lowest BCUT2D eigenvalue weighted by Gasteiger charge is -2.57. The van der Waals surface area contributed by atoms with E-state index in [-0.39, 0.29) is 17.1 Å². The number of hydrogen-bond donors (Lipinski definition) is 3. The number of nitrogens with one attached hydrogen (secondary N) is 2. The third kappa shape index (κ3) is 2.79. The van der Waals surface area contributed by atoms with E-state index in [0.29, 0.717) is 6.54 Å². The molecular formula is C17H31N3O. The van der Waals surface area contributed by atoms with Gasteiger partial charge in [-0.2, -0.15) is 0 Å². The summed E-state index contributed by atoms with van der Waals surface area (Å²) < 4.78 is 0. The van der Waals surface area contributed by atoms with Crippen LogP contribution in [0.25, 0.3) is 0 Å². The predicted molar refractivity (Wildman–Crippen MR) is 84.9 cm³/mol. The van der Waals surface area contributed by atoms with E-state index in [1.54, 1.807) is 0 Å². The van der Waals surface area contributed by atoms with Gasteiger partial charge in [-0.1, -0.05) is 13.8 Å². The Kier molecular flexibility index (Phi) is 3.93. The summed E-state index contributed by atoms with van der Waals surface area (Å²) in [6.07, 6.45) is 9.56. The molecule has 0 spiro atoms. The van der Waals surface area contributed by atoms with Gasteiger partial charge in [0.2, 0.25) is 0 Å². The number of rotatable bonds is 5. The van der Waals surface area contributed by atoms with Gasteiger partial charge in [-0.25, -0.2) is 4.79 Å². The normalized spacial score (nSPS) is 37.6. The fourth-order valence-electron chi connectivity index (χ4n) is 5.54. The quantitative estimate of drug-likeness (QED) is 0.729. The maximum absolute atomic E-state index is 12.5. The van der Waals surface area contributed by atoms with E-state index in [1.165, 1.54) is 38.5 Å². The third-order valence-corrected chi connectivity index (χ3v) is 6.54. The molecule has 0 aromatic carbocycles. The Bertz CT molecular complexity index is 359. The maximum Gasteiger partial charge on any atom is 0.315 e. The largest absolute Gasteiger partial charge is 0.333 e. The molecule has 2 amide bonds. The van der Waals surface area contributed by atoms with Gasteiger partial charge in [0, 0.05) is 12.1 Å². The van der Waals surface area contributed by atoms with Crippen molar-refractivity contribution in [2.45, 2.75) is 76.3 Å².